The molecule has 2 aliphatic heterocycles. The number of nitrogens with one attached hydrogen (secondary N) is 2. The smallest absolute Gasteiger partial charge is 0.338 e. The van der Waals surface area contributed by atoms with Crippen molar-refractivity contribution in [2.45, 2.75) is 19.9 Å². The van der Waals surface area contributed by atoms with E-state index >= 15 is 0 Å². The van der Waals surface area contributed by atoms with E-state index in [0.29, 0.717) is 0 Å². The van der Waals surface area contributed by atoms with Gasteiger partial charge in [0.2, 0.25) is 0 Å². The maximum atomic E-state index is 12.4. The Morgan fingerprint density at radius 3 is 2.45 bits per heavy atom. The summed E-state index contributed by atoms with van der Waals surface area (Å²) in [6, 6.07) is 2.87. The fourth-order valence-electron chi connectivity index (χ4n) is 3.10. The van der Waals surface area contributed by atoms with E-state index in [4.69, 9.17) is 9.47 Å². The molecule has 29 heavy (non-hydrogen) atoms. The Hall–Kier alpha value is -3.69. The molecule has 0 radical (unpaired) electrons. The van der Waals surface area contributed by atoms with E-state index in [1.807, 2.05) is 0 Å². The summed E-state index contributed by atoms with van der Waals surface area (Å²) < 4.78 is 10.2. The first-order valence-corrected chi connectivity index (χ1v) is 8.85. The molecule has 1 aromatic carbocycles. The Labute approximate surface area is 165 Å². The molecule has 1 atom stereocenters. The second-order valence-corrected chi connectivity index (χ2v) is 6.44. The number of carbonyl (C=O) groups is 5. The summed E-state index contributed by atoms with van der Waals surface area (Å²) >= 11 is 0. The number of carbonyl (C=O) groups excluding carboxylic acids is 5. The van der Waals surface area contributed by atoms with Crippen molar-refractivity contribution in [2.24, 2.45) is 0 Å². The molecule has 0 bridgehead atoms. The van der Waals surface area contributed by atoms with E-state index in [0.717, 1.165) is 4.90 Å². The number of amides is 4. The van der Waals surface area contributed by atoms with Crippen LogP contribution >= 0.6 is 0 Å². The Morgan fingerprint density at radius 2 is 1.76 bits per heavy atom. The minimum atomic E-state index is -0.779. The molecule has 1 unspecified atom stereocenters. The van der Waals surface area contributed by atoms with Crippen LogP contribution in [0.5, 0.6) is 0 Å². The Kier molecular flexibility index (Phi) is 5.35. The van der Waals surface area contributed by atoms with Crippen LogP contribution in [0.3, 0.4) is 0 Å². The highest BCUT2D eigenvalue weighted by atomic mass is 16.5. The van der Waals surface area contributed by atoms with Gasteiger partial charge in [-0.15, -0.1) is 0 Å². The molecule has 0 saturated heterocycles. The third-order valence-corrected chi connectivity index (χ3v) is 4.54. The predicted molar refractivity (Wildman–Crippen MR) is 97.9 cm³/mol. The lowest BCUT2D eigenvalue weighted by Crippen LogP contribution is -2.50. The third kappa shape index (κ3) is 3.68. The number of benzene rings is 1. The maximum Gasteiger partial charge on any atom is 0.338 e. The van der Waals surface area contributed by atoms with Crippen LogP contribution in [0.2, 0.25) is 0 Å². The Balaban J connectivity index is 1.80. The summed E-state index contributed by atoms with van der Waals surface area (Å²) in [5, 5.41) is 4.99. The molecule has 152 valence electrons. The van der Waals surface area contributed by atoms with E-state index < -0.39 is 35.8 Å². The highest BCUT2D eigenvalue weighted by molar-refractivity contribution is 6.21. The van der Waals surface area contributed by atoms with Crippen LogP contribution in [0.1, 0.15) is 44.9 Å². The standard InChI is InChI=1S/C19H19N3O7/c1-4-28-18(26)14-9(2)20-19(27)21-13(14)8-29-17(25)10-5-6-11-12(7-10)16(24)22(3)15(11)23/h5-7,9H,4,8H2,1-3H3,(H2,20,21,27). The number of imide groups is 1. The maximum absolute atomic E-state index is 12.4. The highest BCUT2D eigenvalue weighted by Crippen LogP contribution is 2.23. The van der Waals surface area contributed by atoms with Gasteiger partial charge >= 0.3 is 18.0 Å². The molecule has 0 spiro atoms. The first-order chi connectivity index (χ1) is 13.7. The summed E-state index contributed by atoms with van der Waals surface area (Å²) in [5.74, 6) is -2.37. The van der Waals surface area contributed by atoms with Gasteiger partial charge in [-0.05, 0) is 32.0 Å². The molecule has 2 heterocycles. The van der Waals surface area contributed by atoms with Crippen molar-refractivity contribution < 1.29 is 33.4 Å². The Bertz CT molecular complexity index is 967. The molecule has 4 amide bonds. The van der Waals surface area contributed by atoms with Crippen molar-refractivity contribution in [1.82, 2.24) is 15.5 Å². The average molecular weight is 401 g/mol. The Morgan fingerprint density at radius 1 is 1.07 bits per heavy atom. The van der Waals surface area contributed by atoms with Crippen molar-refractivity contribution >= 4 is 29.8 Å². The molecular weight excluding hydrogens is 382 g/mol. The molecule has 2 N–H and O–H groups in total. The number of urea groups is 1. The molecule has 0 fully saturated rings. The van der Waals surface area contributed by atoms with Crippen molar-refractivity contribution in [3.05, 3.63) is 46.2 Å². The van der Waals surface area contributed by atoms with E-state index in [2.05, 4.69) is 10.6 Å². The van der Waals surface area contributed by atoms with Crippen LogP contribution in [0.25, 0.3) is 0 Å². The van der Waals surface area contributed by atoms with Crippen molar-refractivity contribution in [3.63, 3.8) is 0 Å². The van der Waals surface area contributed by atoms with Gasteiger partial charge in [-0.1, -0.05) is 0 Å². The summed E-state index contributed by atoms with van der Waals surface area (Å²) in [5.41, 5.74) is 0.644. The van der Waals surface area contributed by atoms with E-state index in [-0.39, 0.29) is 41.2 Å². The molecule has 3 rings (SSSR count). The molecular formula is C19H19N3O7. The summed E-state index contributed by atoms with van der Waals surface area (Å²) in [7, 11) is 1.35. The van der Waals surface area contributed by atoms with Gasteiger partial charge in [0.1, 0.15) is 6.61 Å². The zero-order chi connectivity index (χ0) is 21.3. The van der Waals surface area contributed by atoms with E-state index in [1.165, 1.54) is 25.2 Å². The summed E-state index contributed by atoms with van der Waals surface area (Å²) in [4.78, 5) is 61.3. The SMILES string of the molecule is CCOC(=O)C1=C(COC(=O)c2ccc3c(c2)C(=O)N(C)C3=O)NC(=O)NC1C. The van der Waals surface area contributed by atoms with Gasteiger partial charge < -0.3 is 20.1 Å². The number of fused-ring (bicyclic) bond motifs is 1. The number of hydrogen-bond acceptors (Lipinski definition) is 7. The second kappa shape index (κ2) is 7.74. The molecule has 10 heteroatoms. The summed E-state index contributed by atoms with van der Waals surface area (Å²) in [6.45, 7) is 3.02. The minimum absolute atomic E-state index is 0.0618. The zero-order valence-electron chi connectivity index (χ0n) is 16.0. The molecule has 10 nitrogen and oxygen atoms in total. The van der Waals surface area contributed by atoms with Gasteiger partial charge in [-0.3, -0.25) is 14.5 Å². The van der Waals surface area contributed by atoms with Crippen molar-refractivity contribution in [2.75, 3.05) is 20.3 Å². The van der Waals surface area contributed by atoms with Crippen LogP contribution in [0, 0.1) is 0 Å². The zero-order valence-corrected chi connectivity index (χ0v) is 16.0. The van der Waals surface area contributed by atoms with Crippen molar-refractivity contribution in [3.8, 4) is 0 Å². The number of nitrogens with zero attached hydrogens (tertiary/aromatic N) is 1. The normalized spacial score (nSPS) is 18.2. The molecule has 1 aromatic rings. The lowest BCUT2D eigenvalue weighted by atomic mass is 10.0. The highest BCUT2D eigenvalue weighted by Gasteiger charge is 2.34. The lowest BCUT2D eigenvalue weighted by molar-refractivity contribution is -0.139. The second-order valence-electron chi connectivity index (χ2n) is 6.44. The van der Waals surface area contributed by atoms with E-state index in [1.54, 1.807) is 13.8 Å². The third-order valence-electron chi connectivity index (χ3n) is 4.54. The van der Waals surface area contributed by atoms with Crippen LogP contribution in [0.15, 0.2) is 29.5 Å². The van der Waals surface area contributed by atoms with Gasteiger partial charge in [-0.2, -0.15) is 0 Å². The van der Waals surface area contributed by atoms with Gasteiger partial charge in [0.15, 0.2) is 0 Å². The number of ether oxygens (including phenoxy) is 2. The monoisotopic (exact) mass is 401 g/mol. The first-order valence-electron chi connectivity index (χ1n) is 8.85. The predicted octanol–water partition coefficient (Wildman–Crippen LogP) is 0.588. The van der Waals surface area contributed by atoms with E-state index in [9.17, 15) is 24.0 Å². The minimum Gasteiger partial charge on any atom is -0.463 e. The van der Waals surface area contributed by atoms with Gasteiger partial charge in [0.25, 0.3) is 11.8 Å². The number of esters is 2. The van der Waals surface area contributed by atoms with Crippen molar-refractivity contribution in [1.29, 1.82) is 0 Å². The number of hydrogen-bond donors (Lipinski definition) is 2. The first kappa shape index (κ1) is 20.1. The van der Waals surface area contributed by atoms with Gasteiger partial charge in [0.05, 0.1) is 40.6 Å². The molecule has 0 aliphatic carbocycles. The van der Waals surface area contributed by atoms with Gasteiger partial charge in [0, 0.05) is 7.05 Å². The van der Waals surface area contributed by atoms with Gasteiger partial charge in [-0.25, -0.2) is 14.4 Å². The summed E-state index contributed by atoms with van der Waals surface area (Å²) in [6.07, 6.45) is 0. The molecule has 0 saturated carbocycles. The van der Waals surface area contributed by atoms with Crippen LogP contribution in [-0.2, 0) is 14.3 Å². The topological polar surface area (TPSA) is 131 Å². The fourth-order valence-corrected chi connectivity index (χ4v) is 3.10. The quantitative estimate of drug-likeness (QED) is 0.545. The average Bonchev–Trinajstić information content (AvgIpc) is 2.89. The van der Waals surface area contributed by atoms with Crippen LogP contribution < -0.4 is 10.6 Å². The lowest BCUT2D eigenvalue weighted by Gasteiger charge is -2.26. The molecule has 2 aliphatic rings. The largest absolute Gasteiger partial charge is 0.463 e. The fraction of sp³-hybridized carbons (Fsp3) is 0.316. The van der Waals surface area contributed by atoms with Crippen LogP contribution in [-0.4, -0.2) is 61.0 Å². The van der Waals surface area contributed by atoms with Crippen LogP contribution in [0.4, 0.5) is 4.79 Å². The molecule has 0 aromatic heterocycles. The number of rotatable bonds is 5.